The van der Waals surface area contributed by atoms with Crippen LogP contribution in [0.1, 0.15) is 64.2 Å². The van der Waals surface area contributed by atoms with Crippen LogP contribution < -0.4 is 0 Å². The van der Waals surface area contributed by atoms with Crippen LogP contribution >= 0.6 is 7.55 Å². The van der Waals surface area contributed by atoms with Crippen molar-refractivity contribution in [1.29, 1.82) is 0 Å². The smallest absolute Gasteiger partial charge is 0.0621 e. The summed E-state index contributed by atoms with van der Waals surface area (Å²) in [5, 5.41) is 0. The first-order valence-corrected chi connectivity index (χ1v) is 10.1. The van der Waals surface area contributed by atoms with Gasteiger partial charge in [0.25, 0.3) is 0 Å². The fraction of sp³-hybridized carbons (Fsp3) is 0.632. The van der Waals surface area contributed by atoms with Gasteiger partial charge in [-0.2, -0.15) is 0 Å². The summed E-state index contributed by atoms with van der Waals surface area (Å²) < 4.78 is 0. The van der Waals surface area contributed by atoms with Crippen molar-refractivity contribution in [3.8, 4) is 0 Å². The largest absolute Gasteiger partial charge is 0.144 e. The maximum Gasteiger partial charge on any atom is 0.144 e. The van der Waals surface area contributed by atoms with Gasteiger partial charge in [-0.1, -0.05) is 37.1 Å². The van der Waals surface area contributed by atoms with Crippen molar-refractivity contribution in [3.05, 3.63) is 41.3 Å². The van der Waals surface area contributed by atoms with E-state index in [0.717, 1.165) is 11.3 Å². The first kappa shape index (κ1) is 14.3. The SMILES string of the molecule is c1cccc(=[P+](C2CCCCC2)C2CCCCC2)cc1. The summed E-state index contributed by atoms with van der Waals surface area (Å²) in [4.78, 5) is 1.68. The first-order valence-electron chi connectivity index (χ1n) is 8.62. The van der Waals surface area contributed by atoms with Crippen molar-refractivity contribution >= 4 is 7.55 Å². The Morgan fingerprint density at radius 3 is 1.50 bits per heavy atom. The van der Waals surface area contributed by atoms with Gasteiger partial charge in [-0.3, -0.25) is 0 Å². The molecule has 1 aromatic carbocycles. The van der Waals surface area contributed by atoms with E-state index in [2.05, 4.69) is 36.4 Å². The second-order valence-corrected chi connectivity index (χ2v) is 9.31. The van der Waals surface area contributed by atoms with Gasteiger partial charge in [-0.15, -0.1) is 0 Å². The molecule has 20 heavy (non-hydrogen) atoms. The zero-order valence-electron chi connectivity index (χ0n) is 12.6. The van der Waals surface area contributed by atoms with Crippen molar-refractivity contribution in [2.24, 2.45) is 0 Å². The highest BCUT2D eigenvalue weighted by molar-refractivity contribution is 7.51. The van der Waals surface area contributed by atoms with Crippen LogP contribution in [-0.4, -0.2) is 11.3 Å². The molecule has 108 valence electrons. The van der Waals surface area contributed by atoms with Gasteiger partial charge in [0.05, 0.1) is 0 Å². The summed E-state index contributed by atoms with van der Waals surface area (Å²) in [5.74, 6) is 0. The van der Waals surface area contributed by atoms with E-state index in [1.165, 1.54) is 64.2 Å². The molecule has 2 saturated carbocycles. The molecule has 1 aromatic rings. The second-order valence-electron chi connectivity index (χ2n) is 6.52. The van der Waals surface area contributed by atoms with Crippen molar-refractivity contribution < 1.29 is 0 Å². The fourth-order valence-corrected chi connectivity index (χ4v) is 7.90. The van der Waals surface area contributed by atoms with Crippen LogP contribution in [-0.2, 0) is 0 Å². The first-order chi connectivity index (χ1) is 9.95. The van der Waals surface area contributed by atoms with Crippen LogP contribution in [0.4, 0.5) is 0 Å². The third-order valence-corrected chi connectivity index (χ3v) is 8.60. The van der Waals surface area contributed by atoms with Gasteiger partial charge in [-0.05, 0) is 63.5 Å². The lowest BCUT2D eigenvalue weighted by molar-refractivity contribution is 0.488. The molecule has 0 aromatic heterocycles. The molecule has 0 atom stereocenters. The van der Waals surface area contributed by atoms with E-state index in [9.17, 15) is 0 Å². The summed E-state index contributed by atoms with van der Waals surface area (Å²) in [5.41, 5.74) is 2.04. The van der Waals surface area contributed by atoms with Crippen molar-refractivity contribution in [1.82, 2.24) is 0 Å². The lowest BCUT2D eigenvalue weighted by atomic mass is 10.00. The summed E-state index contributed by atoms with van der Waals surface area (Å²) in [6, 6.07) is 13.7. The average Bonchev–Trinajstić information content (AvgIpc) is 2.79. The van der Waals surface area contributed by atoms with E-state index in [-0.39, 0.29) is 7.55 Å². The molecule has 0 spiro atoms. The predicted octanol–water partition coefficient (Wildman–Crippen LogP) is 6.37. The lowest BCUT2D eigenvalue weighted by Gasteiger charge is -2.24. The topological polar surface area (TPSA) is 0 Å². The van der Waals surface area contributed by atoms with Gasteiger partial charge in [0.1, 0.15) is 23.8 Å². The molecule has 0 radical (unpaired) electrons. The molecule has 2 aliphatic carbocycles. The van der Waals surface area contributed by atoms with Crippen LogP contribution in [0.2, 0.25) is 0 Å². The minimum Gasteiger partial charge on any atom is -0.0621 e. The molecule has 0 bridgehead atoms. The maximum absolute atomic E-state index is 2.43. The van der Waals surface area contributed by atoms with Crippen molar-refractivity contribution in [2.45, 2.75) is 75.5 Å². The van der Waals surface area contributed by atoms with Gasteiger partial charge < -0.3 is 0 Å². The highest BCUT2D eigenvalue weighted by Crippen LogP contribution is 2.50. The van der Waals surface area contributed by atoms with Gasteiger partial charge in [0.15, 0.2) is 0 Å². The normalized spacial score (nSPS) is 21.6. The highest BCUT2D eigenvalue weighted by Gasteiger charge is 2.35. The maximum atomic E-state index is 2.43. The standard InChI is InChI=1S/C19H28P/c1-2-6-12-17(11-5-1)20(18-13-7-3-8-14-18)19-15-9-4-10-16-19/h1-2,5-6,11-12,18-19H,3-4,7-10,13-16H2/q+1. The van der Waals surface area contributed by atoms with E-state index in [0.29, 0.717) is 0 Å². The van der Waals surface area contributed by atoms with Crippen molar-refractivity contribution in [2.75, 3.05) is 0 Å². The Morgan fingerprint density at radius 1 is 0.600 bits per heavy atom. The molecule has 0 aliphatic heterocycles. The van der Waals surface area contributed by atoms with E-state index in [1.54, 1.807) is 4.94 Å². The summed E-state index contributed by atoms with van der Waals surface area (Å²) in [6.45, 7) is 0. The molecular formula is C19H28P+. The van der Waals surface area contributed by atoms with Crippen LogP contribution in [0.25, 0.3) is 0 Å². The molecule has 2 aliphatic rings. The second kappa shape index (κ2) is 7.41. The number of hydrogen-bond donors (Lipinski definition) is 0. The molecule has 0 amide bonds. The Morgan fingerprint density at radius 2 is 1.05 bits per heavy atom. The quantitative estimate of drug-likeness (QED) is 0.555. The number of rotatable bonds is 2. The van der Waals surface area contributed by atoms with Crippen LogP contribution in [0, 0.1) is 4.94 Å². The Kier molecular flexibility index (Phi) is 5.31. The van der Waals surface area contributed by atoms with Crippen LogP contribution in [0.15, 0.2) is 36.4 Å². The summed E-state index contributed by atoms with van der Waals surface area (Å²) in [6.07, 6.45) is 14.9. The molecule has 2 fully saturated rings. The van der Waals surface area contributed by atoms with E-state index in [1.807, 2.05) is 0 Å². The molecular weight excluding hydrogens is 259 g/mol. The van der Waals surface area contributed by atoms with Gasteiger partial charge >= 0.3 is 0 Å². The van der Waals surface area contributed by atoms with Gasteiger partial charge in [0.2, 0.25) is 0 Å². The summed E-state index contributed by atoms with van der Waals surface area (Å²) in [7, 11) is 0.0709. The molecule has 0 unspecified atom stereocenters. The minimum absolute atomic E-state index is 0.0709. The highest BCUT2D eigenvalue weighted by atomic mass is 31.1. The molecule has 0 nitrogen and oxygen atoms in total. The lowest BCUT2D eigenvalue weighted by Crippen LogP contribution is -2.17. The average molecular weight is 287 g/mol. The van der Waals surface area contributed by atoms with E-state index in [4.69, 9.17) is 0 Å². The monoisotopic (exact) mass is 287 g/mol. The van der Waals surface area contributed by atoms with Crippen LogP contribution in [0.5, 0.6) is 0 Å². The molecule has 0 saturated heterocycles. The molecule has 3 rings (SSSR count). The van der Waals surface area contributed by atoms with Gasteiger partial charge in [-0.25, -0.2) is 0 Å². The Balaban J connectivity index is 2.00. The fourth-order valence-electron chi connectivity index (χ4n) is 4.10. The van der Waals surface area contributed by atoms with Gasteiger partial charge in [0, 0.05) is 0 Å². The van der Waals surface area contributed by atoms with E-state index < -0.39 is 0 Å². The Hall–Kier alpha value is -0.610. The van der Waals surface area contributed by atoms with E-state index >= 15 is 0 Å². The zero-order chi connectivity index (χ0) is 13.6. The zero-order valence-corrected chi connectivity index (χ0v) is 13.5. The molecule has 0 heterocycles. The Labute approximate surface area is 125 Å². The molecule has 0 N–H and O–H groups in total. The third kappa shape index (κ3) is 3.53. The third-order valence-electron chi connectivity index (χ3n) is 5.10. The Bertz CT molecular complexity index is 437. The van der Waals surface area contributed by atoms with Crippen molar-refractivity contribution in [3.63, 3.8) is 0 Å². The summed E-state index contributed by atoms with van der Waals surface area (Å²) >= 11 is 0. The number of hydrogen-bond acceptors (Lipinski definition) is 0. The predicted molar refractivity (Wildman–Crippen MR) is 90.4 cm³/mol. The van der Waals surface area contributed by atoms with Crippen LogP contribution in [0.3, 0.4) is 0 Å². The molecule has 1 heteroatoms. The minimum atomic E-state index is 0.0709.